The van der Waals surface area contributed by atoms with E-state index >= 15 is 0 Å². The summed E-state index contributed by atoms with van der Waals surface area (Å²) in [5.74, 6) is -2.61. The summed E-state index contributed by atoms with van der Waals surface area (Å²) in [6.45, 7) is 10.8. The maximum absolute atomic E-state index is 14.4. The van der Waals surface area contributed by atoms with Gasteiger partial charge in [0.25, 0.3) is 0 Å². The summed E-state index contributed by atoms with van der Waals surface area (Å²) in [6, 6.07) is 1.72. The molecule has 0 radical (unpaired) electrons. The van der Waals surface area contributed by atoms with Crippen molar-refractivity contribution in [2.75, 3.05) is 0 Å². The van der Waals surface area contributed by atoms with Crippen LogP contribution in [0.1, 0.15) is 66.1 Å². The van der Waals surface area contributed by atoms with Crippen LogP contribution in [0, 0.1) is 28.1 Å². The van der Waals surface area contributed by atoms with Crippen LogP contribution in [0.15, 0.2) is 35.2 Å². The summed E-state index contributed by atoms with van der Waals surface area (Å²) in [5, 5.41) is 0. The van der Waals surface area contributed by atoms with Crippen molar-refractivity contribution in [3.8, 4) is 0 Å². The second kappa shape index (κ2) is 7.12. The molecule has 9 atom stereocenters. The van der Waals surface area contributed by atoms with E-state index in [2.05, 4.69) is 0 Å². The Morgan fingerprint density at radius 3 is 2.46 bits per heavy atom. The highest BCUT2D eigenvalue weighted by Crippen LogP contribution is 2.78. The molecule has 9 unspecified atom stereocenters. The summed E-state index contributed by atoms with van der Waals surface area (Å²) in [5.41, 5.74) is -4.33. The van der Waals surface area contributed by atoms with Gasteiger partial charge in [0, 0.05) is 53.1 Å². The van der Waals surface area contributed by atoms with Crippen LogP contribution in [0.4, 0.5) is 0 Å². The number of esters is 3. The molecule has 0 N–H and O–H groups in total. The van der Waals surface area contributed by atoms with Gasteiger partial charge >= 0.3 is 17.9 Å². The Morgan fingerprint density at radius 2 is 1.81 bits per heavy atom. The zero-order chi connectivity index (χ0) is 26.8. The molecule has 0 aromatic carbocycles. The monoisotopic (exact) mass is 512 g/mol. The average Bonchev–Trinajstić information content (AvgIpc) is 3.38. The minimum Gasteiger partial charge on any atom is -0.472 e. The minimum absolute atomic E-state index is 0.0598. The van der Waals surface area contributed by atoms with Crippen LogP contribution in [-0.4, -0.2) is 47.1 Å². The molecule has 37 heavy (non-hydrogen) atoms. The molecule has 1 aromatic rings. The van der Waals surface area contributed by atoms with Crippen molar-refractivity contribution in [3.05, 3.63) is 36.3 Å². The van der Waals surface area contributed by atoms with E-state index in [1.54, 1.807) is 12.1 Å². The number of fused-ring (bicyclic) bond motifs is 3. The van der Waals surface area contributed by atoms with Crippen molar-refractivity contribution >= 4 is 23.7 Å². The van der Waals surface area contributed by atoms with Gasteiger partial charge in [-0.2, -0.15) is 0 Å². The zero-order valence-electron chi connectivity index (χ0n) is 21.9. The predicted octanol–water partition coefficient (Wildman–Crippen LogP) is 3.47. The van der Waals surface area contributed by atoms with Gasteiger partial charge in [-0.1, -0.05) is 26.8 Å². The largest absolute Gasteiger partial charge is 0.472 e. The number of hydrogen-bond acceptors (Lipinski definition) is 9. The molecule has 2 saturated carbocycles. The summed E-state index contributed by atoms with van der Waals surface area (Å²) >= 11 is 0. The van der Waals surface area contributed by atoms with Crippen LogP contribution < -0.4 is 0 Å². The number of carbonyl (C=O) groups is 4. The number of epoxide rings is 1. The molecule has 1 spiro atoms. The van der Waals surface area contributed by atoms with Crippen LogP contribution >= 0.6 is 0 Å². The second-order valence-electron chi connectivity index (χ2n) is 12.5. The second-order valence-corrected chi connectivity index (χ2v) is 12.5. The van der Waals surface area contributed by atoms with E-state index in [9.17, 15) is 19.2 Å². The number of hydrogen-bond donors (Lipinski definition) is 0. The van der Waals surface area contributed by atoms with Crippen molar-refractivity contribution < 1.29 is 42.5 Å². The molecule has 6 rings (SSSR count). The average molecular weight is 513 g/mol. The SMILES string of the molecule is CC(=O)OC1CC2C(C)(C)OC(=O)C=CC2(C)C2C(=O)CC3(C)C(c4ccoc4)OC(=O)C4OC43C12C. The third-order valence-corrected chi connectivity index (χ3v) is 10.2. The van der Waals surface area contributed by atoms with E-state index in [1.807, 2.05) is 34.6 Å². The molecule has 9 heteroatoms. The van der Waals surface area contributed by atoms with Gasteiger partial charge in [-0.15, -0.1) is 0 Å². The number of ketones is 1. The number of rotatable bonds is 2. The minimum atomic E-state index is -1.14. The number of ether oxygens (including phenoxy) is 4. The fourth-order valence-corrected chi connectivity index (χ4v) is 8.98. The van der Waals surface area contributed by atoms with Gasteiger partial charge in [0.1, 0.15) is 29.2 Å². The molecular formula is C28H32O9. The first-order valence-corrected chi connectivity index (χ1v) is 12.7. The first-order valence-electron chi connectivity index (χ1n) is 12.7. The number of cyclic esters (lactones) is 2. The Labute approximate surface area is 214 Å². The van der Waals surface area contributed by atoms with E-state index in [1.165, 1.54) is 25.5 Å². The normalized spacial score (nSPS) is 47.3. The van der Waals surface area contributed by atoms with Crippen molar-refractivity contribution in [2.45, 2.75) is 83.9 Å². The maximum atomic E-state index is 14.4. The Balaban J connectivity index is 1.60. The predicted molar refractivity (Wildman–Crippen MR) is 126 cm³/mol. The molecule has 0 bridgehead atoms. The molecule has 9 nitrogen and oxygen atoms in total. The summed E-state index contributed by atoms with van der Waals surface area (Å²) in [6.07, 6.45) is 4.12. The highest BCUT2D eigenvalue weighted by atomic mass is 16.7. The number of allylic oxidation sites excluding steroid dienone is 1. The quantitative estimate of drug-likeness (QED) is 0.333. The standard InChI is InChI=1S/C28H32O9/c1-14(29)34-18-11-17-24(2,3)36-19(31)7-9-25(17,4)20-16(30)12-26(5)21(15-8-10-33-13-15)35-23(32)22-28(26,37-22)27(18,20)6/h7-10,13,17-18,20-22H,11-12H2,1-6H3. The van der Waals surface area contributed by atoms with Crippen molar-refractivity contribution in [1.29, 1.82) is 0 Å². The van der Waals surface area contributed by atoms with Crippen LogP contribution in [0.25, 0.3) is 0 Å². The van der Waals surface area contributed by atoms with Crippen molar-refractivity contribution in [3.63, 3.8) is 0 Å². The number of carbonyl (C=O) groups excluding carboxylic acids is 4. The third kappa shape index (κ3) is 2.78. The van der Waals surface area contributed by atoms with Gasteiger partial charge in [-0.25, -0.2) is 9.59 Å². The fraction of sp³-hybridized carbons (Fsp3) is 0.643. The summed E-state index contributed by atoms with van der Waals surface area (Å²) < 4.78 is 29.4. The molecule has 1 aromatic heterocycles. The van der Waals surface area contributed by atoms with E-state index in [-0.39, 0.29) is 18.1 Å². The Hall–Kier alpha value is -2.94. The van der Waals surface area contributed by atoms with Crippen LogP contribution in [-0.2, 0) is 38.1 Å². The fourth-order valence-electron chi connectivity index (χ4n) is 8.98. The Bertz CT molecular complexity index is 1250. The Morgan fingerprint density at radius 1 is 1.08 bits per heavy atom. The lowest BCUT2D eigenvalue weighted by Gasteiger charge is -2.66. The highest BCUT2D eigenvalue weighted by molar-refractivity contribution is 5.91. The maximum Gasteiger partial charge on any atom is 0.339 e. The van der Waals surface area contributed by atoms with Crippen molar-refractivity contribution in [2.24, 2.45) is 28.1 Å². The Kier molecular flexibility index (Phi) is 4.70. The molecule has 2 saturated heterocycles. The lowest BCUT2D eigenvalue weighted by atomic mass is 9.37. The first kappa shape index (κ1) is 24.4. The molecular weight excluding hydrogens is 480 g/mol. The summed E-state index contributed by atoms with van der Waals surface area (Å²) in [4.78, 5) is 52.7. The molecule has 3 aliphatic heterocycles. The zero-order valence-corrected chi connectivity index (χ0v) is 21.9. The molecule has 0 amide bonds. The molecule has 198 valence electrons. The van der Waals surface area contributed by atoms with Crippen molar-refractivity contribution in [1.82, 2.24) is 0 Å². The van der Waals surface area contributed by atoms with Gasteiger partial charge < -0.3 is 23.4 Å². The van der Waals surface area contributed by atoms with Crippen LogP contribution in [0.3, 0.4) is 0 Å². The van der Waals surface area contributed by atoms with Gasteiger partial charge in [0.05, 0.1) is 12.5 Å². The van der Waals surface area contributed by atoms with Crippen LogP contribution in [0.2, 0.25) is 0 Å². The van der Waals surface area contributed by atoms with Gasteiger partial charge in [0.2, 0.25) is 0 Å². The van der Waals surface area contributed by atoms with Gasteiger partial charge in [0.15, 0.2) is 6.10 Å². The lowest BCUT2D eigenvalue weighted by Crippen LogP contribution is -2.74. The highest BCUT2D eigenvalue weighted by Gasteiger charge is 2.90. The third-order valence-electron chi connectivity index (χ3n) is 10.2. The van der Waals surface area contributed by atoms with Gasteiger partial charge in [-0.3, -0.25) is 9.59 Å². The molecule has 4 fully saturated rings. The van der Waals surface area contributed by atoms with Crippen LogP contribution in [0.5, 0.6) is 0 Å². The molecule has 5 aliphatic rings. The van der Waals surface area contributed by atoms with E-state index in [4.69, 9.17) is 23.4 Å². The topological polar surface area (TPSA) is 122 Å². The smallest absolute Gasteiger partial charge is 0.339 e. The van der Waals surface area contributed by atoms with E-state index < -0.39 is 69.6 Å². The molecule has 4 heterocycles. The first-order chi connectivity index (χ1) is 17.2. The summed E-state index contributed by atoms with van der Waals surface area (Å²) in [7, 11) is 0. The van der Waals surface area contributed by atoms with E-state index in [0.29, 0.717) is 12.0 Å². The molecule has 2 aliphatic carbocycles. The number of furan rings is 1. The lowest BCUT2D eigenvalue weighted by molar-refractivity contribution is -0.247. The van der Waals surface area contributed by atoms with E-state index in [0.717, 1.165) is 0 Å². The number of Topliss-reactive ketones (excluding diaryl/α,β-unsaturated/α-hetero) is 1. The van der Waals surface area contributed by atoms with Gasteiger partial charge in [-0.05, 0) is 26.3 Å².